The van der Waals surface area contributed by atoms with Crippen LogP contribution in [-0.2, 0) is 0 Å². The molecule has 0 spiro atoms. The first-order chi connectivity index (χ1) is 7.98. The molecule has 1 saturated heterocycles. The molecule has 0 bridgehead atoms. The zero-order valence-electron chi connectivity index (χ0n) is 10.9. The number of quaternary nitrogens is 1. The summed E-state index contributed by atoms with van der Waals surface area (Å²) in [6, 6.07) is 7.96. The molecule has 1 heterocycles. The number of benzene rings is 1. The van der Waals surface area contributed by atoms with Gasteiger partial charge in [-0.3, -0.25) is 4.79 Å². The summed E-state index contributed by atoms with van der Waals surface area (Å²) < 4.78 is 1.10. The highest BCUT2D eigenvalue weighted by Gasteiger charge is 2.24. The minimum Gasteiger partial charge on any atom is -0.360 e. The number of piperazine rings is 1. The van der Waals surface area contributed by atoms with Crippen molar-refractivity contribution in [3.05, 3.63) is 29.8 Å². The molecule has 0 aliphatic carbocycles. The molecule has 1 aliphatic heterocycles. The van der Waals surface area contributed by atoms with Gasteiger partial charge in [0.05, 0.1) is 40.3 Å². The molecular weight excluding hydrogens is 212 g/mol. The molecule has 1 aliphatic rings. The second kappa shape index (κ2) is 4.49. The third-order valence-corrected chi connectivity index (χ3v) is 3.59. The van der Waals surface area contributed by atoms with Gasteiger partial charge in [0.1, 0.15) is 0 Å². The summed E-state index contributed by atoms with van der Waals surface area (Å²) in [5.74, 6) is 0.132. The molecule has 17 heavy (non-hydrogen) atoms. The normalized spacial score (nSPS) is 19.1. The fraction of sp³-hybridized carbons (Fsp3) is 0.500. The van der Waals surface area contributed by atoms with Crippen LogP contribution in [0.3, 0.4) is 0 Å². The molecule has 1 aromatic rings. The molecule has 0 aromatic heterocycles. The Labute approximate surface area is 103 Å². The quantitative estimate of drug-likeness (QED) is 0.573. The van der Waals surface area contributed by atoms with E-state index in [-0.39, 0.29) is 5.78 Å². The fourth-order valence-corrected chi connectivity index (χ4v) is 2.17. The predicted molar refractivity (Wildman–Crippen MR) is 70.5 cm³/mol. The van der Waals surface area contributed by atoms with Crippen molar-refractivity contribution in [2.75, 3.05) is 45.2 Å². The third kappa shape index (κ3) is 2.86. The Morgan fingerprint density at radius 2 is 1.65 bits per heavy atom. The summed E-state index contributed by atoms with van der Waals surface area (Å²) in [6.07, 6.45) is 0. The zero-order valence-corrected chi connectivity index (χ0v) is 10.9. The summed E-state index contributed by atoms with van der Waals surface area (Å²) in [5.41, 5.74) is 2.02. The molecule has 0 saturated carbocycles. The number of ketones is 1. The highest BCUT2D eigenvalue weighted by Crippen LogP contribution is 2.18. The van der Waals surface area contributed by atoms with Crippen LogP contribution in [0.15, 0.2) is 24.3 Å². The van der Waals surface area contributed by atoms with E-state index >= 15 is 0 Å². The number of rotatable bonds is 2. The zero-order chi connectivity index (χ0) is 12.5. The Morgan fingerprint density at radius 1 is 1.12 bits per heavy atom. The SMILES string of the molecule is CC(=O)c1ccc(N2CC[N+](C)(C)CC2)cc1. The highest BCUT2D eigenvalue weighted by atomic mass is 16.1. The summed E-state index contributed by atoms with van der Waals surface area (Å²) in [6.45, 7) is 6.14. The van der Waals surface area contributed by atoms with Crippen molar-refractivity contribution in [2.24, 2.45) is 0 Å². The third-order valence-electron chi connectivity index (χ3n) is 3.59. The number of carbonyl (C=O) groups excluding carboxylic acids is 1. The van der Waals surface area contributed by atoms with Crippen LogP contribution in [0.2, 0.25) is 0 Å². The van der Waals surface area contributed by atoms with Crippen molar-refractivity contribution in [1.29, 1.82) is 0 Å². The van der Waals surface area contributed by atoms with Crippen molar-refractivity contribution in [2.45, 2.75) is 6.92 Å². The van der Waals surface area contributed by atoms with Crippen molar-refractivity contribution >= 4 is 11.5 Å². The van der Waals surface area contributed by atoms with E-state index in [0.29, 0.717) is 0 Å². The Hall–Kier alpha value is -1.35. The lowest BCUT2D eigenvalue weighted by molar-refractivity contribution is -0.890. The molecule has 0 radical (unpaired) electrons. The number of Topliss-reactive ketones (excluding diaryl/α,β-unsaturated/α-hetero) is 1. The van der Waals surface area contributed by atoms with E-state index in [9.17, 15) is 4.79 Å². The van der Waals surface area contributed by atoms with Crippen LogP contribution in [0.25, 0.3) is 0 Å². The Morgan fingerprint density at radius 3 is 2.12 bits per heavy atom. The fourth-order valence-electron chi connectivity index (χ4n) is 2.17. The second-order valence-corrected chi connectivity index (χ2v) is 5.47. The summed E-state index contributed by atoms with van der Waals surface area (Å²) in [4.78, 5) is 13.6. The lowest BCUT2D eigenvalue weighted by Crippen LogP contribution is -2.54. The monoisotopic (exact) mass is 233 g/mol. The molecule has 1 aromatic carbocycles. The first-order valence-corrected chi connectivity index (χ1v) is 6.16. The molecule has 3 nitrogen and oxygen atoms in total. The minimum absolute atomic E-state index is 0.132. The number of carbonyl (C=O) groups is 1. The van der Waals surface area contributed by atoms with Gasteiger partial charge in [-0.05, 0) is 31.2 Å². The Balaban J connectivity index is 2.06. The van der Waals surface area contributed by atoms with Crippen LogP contribution in [0.1, 0.15) is 17.3 Å². The van der Waals surface area contributed by atoms with E-state index in [1.165, 1.54) is 18.8 Å². The summed E-state index contributed by atoms with van der Waals surface area (Å²) in [5, 5.41) is 0. The van der Waals surface area contributed by atoms with Gasteiger partial charge in [0.15, 0.2) is 5.78 Å². The topological polar surface area (TPSA) is 20.3 Å². The number of nitrogens with zero attached hydrogens (tertiary/aromatic N) is 2. The van der Waals surface area contributed by atoms with E-state index < -0.39 is 0 Å². The van der Waals surface area contributed by atoms with Crippen LogP contribution in [0, 0.1) is 0 Å². The van der Waals surface area contributed by atoms with Gasteiger partial charge < -0.3 is 9.38 Å². The van der Waals surface area contributed by atoms with E-state index in [2.05, 4.69) is 31.1 Å². The minimum atomic E-state index is 0.132. The van der Waals surface area contributed by atoms with E-state index in [1.807, 2.05) is 12.1 Å². The molecule has 0 unspecified atom stereocenters. The maximum atomic E-state index is 11.2. The van der Waals surface area contributed by atoms with Gasteiger partial charge in [-0.25, -0.2) is 0 Å². The second-order valence-electron chi connectivity index (χ2n) is 5.47. The molecular formula is C14H21N2O+. The lowest BCUT2D eigenvalue weighted by atomic mass is 10.1. The van der Waals surface area contributed by atoms with Gasteiger partial charge in [0.25, 0.3) is 0 Å². The molecule has 0 N–H and O–H groups in total. The Bertz CT molecular complexity index is 399. The molecule has 3 heteroatoms. The van der Waals surface area contributed by atoms with E-state index in [0.717, 1.165) is 23.1 Å². The van der Waals surface area contributed by atoms with Crippen LogP contribution in [-0.4, -0.2) is 50.5 Å². The average molecular weight is 233 g/mol. The van der Waals surface area contributed by atoms with E-state index in [1.54, 1.807) is 6.92 Å². The largest absolute Gasteiger partial charge is 0.360 e. The van der Waals surface area contributed by atoms with Crippen molar-refractivity contribution < 1.29 is 9.28 Å². The highest BCUT2D eigenvalue weighted by molar-refractivity contribution is 5.94. The standard InChI is InChI=1S/C14H21N2O/c1-12(17)13-4-6-14(7-5-13)15-8-10-16(2,3)11-9-15/h4-7H,8-11H2,1-3H3/q+1. The molecule has 92 valence electrons. The molecule has 0 amide bonds. The smallest absolute Gasteiger partial charge is 0.159 e. The molecule has 2 rings (SSSR count). The number of likely N-dealkylation sites (N-methyl/N-ethyl adjacent to an activating group) is 1. The van der Waals surface area contributed by atoms with Gasteiger partial charge in [0.2, 0.25) is 0 Å². The van der Waals surface area contributed by atoms with Gasteiger partial charge >= 0.3 is 0 Å². The van der Waals surface area contributed by atoms with Gasteiger partial charge in [-0.1, -0.05) is 0 Å². The van der Waals surface area contributed by atoms with Gasteiger partial charge in [-0.15, -0.1) is 0 Å². The molecule has 0 atom stereocenters. The lowest BCUT2D eigenvalue weighted by Gasteiger charge is -2.40. The van der Waals surface area contributed by atoms with Crippen molar-refractivity contribution in [3.63, 3.8) is 0 Å². The van der Waals surface area contributed by atoms with Crippen LogP contribution >= 0.6 is 0 Å². The van der Waals surface area contributed by atoms with Crippen molar-refractivity contribution in [1.82, 2.24) is 0 Å². The molecule has 1 fully saturated rings. The van der Waals surface area contributed by atoms with Crippen LogP contribution in [0.5, 0.6) is 0 Å². The number of anilines is 1. The maximum Gasteiger partial charge on any atom is 0.159 e. The van der Waals surface area contributed by atoms with Crippen molar-refractivity contribution in [3.8, 4) is 0 Å². The van der Waals surface area contributed by atoms with Gasteiger partial charge in [-0.2, -0.15) is 0 Å². The number of hydrogen-bond acceptors (Lipinski definition) is 2. The summed E-state index contributed by atoms with van der Waals surface area (Å²) in [7, 11) is 4.55. The van der Waals surface area contributed by atoms with Crippen LogP contribution in [0.4, 0.5) is 5.69 Å². The van der Waals surface area contributed by atoms with Crippen LogP contribution < -0.4 is 4.90 Å². The first kappa shape index (κ1) is 12.1. The average Bonchev–Trinajstić information content (AvgIpc) is 2.29. The first-order valence-electron chi connectivity index (χ1n) is 6.16. The Kier molecular flexibility index (Phi) is 3.20. The van der Waals surface area contributed by atoms with E-state index in [4.69, 9.17) is 0 Å². The predicted octanol–water partition coefficient (Wildman–Crippen LogP) is 1.79. The maximum absolute atomic E-state index is 11.2. The van der Waals surface area contributed by atoms with Gasteiger partial charge in [0, 0.05) is 11.3 Å². The summed E-state index contributed by atoms with van der Waals surface area (Å²) >= 11 is 0. The number of hydrogen-bond donors (Lipinski definition) is 0.